The largest absolute Gasteiger partial charge is 0.495 e. The lowest BCUT2D eigenvalue weighted by atomic mass is 10.0. The van der Waals surface area contributed by atoms with Crippen molar-refractivity contribution in [2.45, 2.75) is 38.3 Å². The van der Waals surface area contributed by atoms with Crippen LogP contribution in [0.3, 0.4) is 0 Å². The molecule has 0 aromatic heterocycles. The molecule has 2 atom stereocenters. The fourth-order valence-corrected chi connectivity index (χ4v) is 2.67. The zero-order chi connectivity index (χ0) is 13.0. The second-order valence-electron chi connectivity index (χ2n) is 4.61. The first-order valence-corrected chi connectivity index (χ1v) is 7.24. The predicted molar refractivity (Wildman–Crippen MR) is 77.4 cm³/mol. The molecule has 4 heteroatoms. The van der Waals surface area contributed by atoms with Gasteiger partial charge in [-0.1, -0.05) is 22.9 Å². The number of ether oxygens (including phenoxy) is 2. The SMILES string of the molecule is CCC1CC(Nc2cc(Br)ccc2OC)CCO1. The van der Waals surface area contributed by atoms with Gasteiger partial charge in [-0.2, -0.15) is 0 Å². The lowest BCUT2D eigenvalue weighted by molar-refractivity contribution is 0.00923. The molecule has 18 heavy (non-hydrogen) atoms. The number of hydrogen-bond donors (Lipinski definition) is 1. The number of hydrogen-bond acceptors (Lipinski definition) is 3. The lowest BCUT2D eigenvalue weighted by Gasteiger charge is -2.30. The number of anilines is 1. The second kappa shape index (κ2) is 6.43. The van der Waals surface area contributed by atoms with Crippen molar-refractivity contribution in [3.05, 3.63) is 22.7 Å². The summed E-state index contributed by atoms with van der Waals surface area (Å²) in [7, 11) is 1.70. The molecule has 2 unspecified atom stereocenters. The Balaban J connectivity index is 2.06. The molecule has 100 valence electrons. The summed E-state index contributed by atoms with van der Waals surface area (Å²) in [4.78, 5) is 0. The molecule has 1 N–H and O–H groups in total. The normalized spacial score (nSPS) is 23.7. The lowest BCUT2D eigenvalue weighted by Crippen LogP contribution is -2.33. The van der Waals surface area contributed by atoms with E-state index in [1.165, 1.54) is 0 Å². The molecule has 2 rings (SSSR count). The smallest absolute Gasteiger partial charge is 0.142 e. The Labute approximate surface area is 117 Å². The highest BCUT2D eigenvalue weighted by Gasteiger charge is 2.21. The monoisotopic (exact) mass is 313 g/mol. The molecular formula is C14H20BrNO2. The number of methoxy groups -OCH3 is 1. The molecule has 1 aliphatic rings. The average molecular weight is 314 g/mol. The van der Waals surface area contributed by atoms with Crippen LogP contribution in [-0.2, 0) is 4.74 Å². The molecular weight excluding hydrogens is 294 g/mol. The summed E-state index contributed by atoms with van der Waals surface area (Å²) in [6, 6.07) is 6.49. The van der Waals surface area contributed by atoms with E-state index in [0.29, 0.717) is 12.1 Å². The molecule has 1 aromatic carbocycles. The van der Waals surface area contributed by atoms with E-state index in [1.54, 1.807) is 7.11 Å². The Hall–Kier alpha value is -0.740. The molecule has 0 aliphatic carbocycles. The van der Waals surface area contributed by atoms with Crippen molar-refractivity contribution in [1.82, 2.24) is 0 Å². The molecule has 1 aromatic rings. The quantitative estimate of drug-likeness (QED) is 0.916. The Morgan fingerprint density at radius 2 is 2.33 bits per heavy atom. The van der Waals surface area contributed by atoms with Crippen molar-refractivity contribution in [1.29, 1.82) is 0 Å². The van der Waals surface area contributed by atoms with Crippen LogP contribution in [0.1, 0.15) is 26.2 Å². The van der Waals surface area contributed by atoms with Crippen molar-refractivity contribution in [3.63, 3.8) is 0 Å². The van der Waals surface area contributed by atoms with Crippen LogP contribution in [-0.4, -0.2) is 25.9 Å². The predicted octanol–water partition coefficient (Wildman–Crippen LogP) is 3.83. The van der Waals surface area contributed by atoms with Crippen molar-refractivity contribution in [3.8, 4) is 5.75 Å². The van der Waals surface area contributed by atoms with Gasteiger partial charge in [0.2, 0.25) is 0 Å². The highest BCUT2D eigenvalue weighted by molar-refractivity contribution is 9.10. The molecule has 0 amide bonds. The third-order valence-electron chi connectivity index (χ3n) is 3.34. The number of halogens is 1. The minimum atomic E-state index is 0.384. The summed E-state index contributed by atoms with van der Waals surface area (Å²) >= 11 is 3.50. The molecule has 1 saturated heterocycles. The van der Waals surface area contributed by atoms with Crippen LogP contribution in [0.4, 0.5) is 5.69 Å². The van der Waals surface area contributed by atoms with Gasteiger partial charge in [0.05, 0.1) is 18.9 Å². The minimum absolute atomic E-state index is 0.384. The Morgan fingerprint density at radius 1 is 1.50 bits per heavy atom. The van der Waals surface area contributed by atoms with Crippen LogP contribution in [0.15, 0.2) is 22.7 Å². The summed E-state index contributed by atoms with van der Waals surface area (Å²) in [5, 5.41) is 3.57. The van der Waals surface area contributed by atoms with E-state index < -0.39 is 0 Å². The van der Waals surface area contributed by atoms with Gasteiger partial charge < -0.3 is 14.8 Å². The van der Waals surface area contributed by atoms with E-state index >= 15 is 0 Å². The van der Waals surface area contributed by atoms with Gasteiger partial charge in [0.15, 0.2) is 0 Å². The molecule has 0 radical (unpaired) electrons. The van der Waals surface area contributed by atoms with Crippen molar-refractivity contribution < 1.29 is 9.47 Å². The van der Waals surface area contributed by atoms with Gasteiger partial charge in [0, 0.05) is 17.1 Å². The standard InChI is InChI=1S/C14H20BrNO2/c1-3-12-9-11(6-7-18-12)16-13-8-10(15)4-5-14(13)17-2/h4-5,8,11-12,16H,3,6-7,9H2,1-2H3. The van der Waals surface area contributed by atoms with E-state index in [1.807, 2.05) is 12.1 Å². The van der Waals surface area contributed by atoms with Gasteiger partial charge in [0.25, 0.3) is 0 Å². The summed E-state index contributed by atoms with van der Waals surface area (Å²) in [5.41, 5.74) is 1.05. The molecule has 3 nitrogen and oxygen atoms in total. The maximum atomic E-state index is 5.69. The zero-order valence-electron chi connectivity index (χ0n) is 10.9. The van der Waals surface area contributed by atoms with Gasteiger partial charge in [-0.3, -0.25) is 0 Å². The topological polar surface area (TPSA) is 30.5 Å². The van der Waals surface area contributed by atoms with Gasteiger partial charge >= 0.3 is 0 Å². The van der Waals surface area contributed by atoms with Crippen molar-refractivity contribution in [2.75, 3.05) is 19.0 Å². The Kier molecular flexibility index (Phi) is 4.89. The fraction of sp³-hybridized carbons (Fsp3) is 0.571. The van der Waals surface area contributed by atoms with E-state index in [9.17, 15) is 0 Å². The van der Waals surface area contributed by atoms with Crippen LogP contribution < -0.4 is 10.1 Å². The zero-order valence-corrected chi connectivity index (χ0v) is 12.5. The van der Waals surface area contributed by atoms with E-state index in [-0.39, 0.29) is 0 Å². The summed E-state index contributed by atoms with van der Waals surface area (Å²) in [5.74, 6) is 0.887. The summed E-state index contributed by atoms with van der Waals surface area (Å²) in [6.07, 6.45) is 3.57. The van der Waals surface area contributed by atoms with Crippen LogP contribution in [0.25, 0.3) is 0 Å². The van der Waals surface area contributed by atoms with E-state index in [4.69, 9.17) is 9.47 Å². The fourth-order valence-electron chi connectivity index (χ4n) is 2.31. The minimum Gasteiger partial charge on any atom is -0.495 e. The van der Waals surface area contributed by atoms with Gasteiger partial charge in [0.1, 0.15) is 5.75 Å². The highest BCUT2D eigenvalue weighted by Crippen LogP contribution is 2.30. The van der Waals surface area contributed by atoms with Crippen molar-refractivity contribution >= 4 is 21.6 Å². The van der Waals surface area contributed by atoms with Crippen LogP contribution in [0, 0.1) is 0 Å². The summed E-state index contributed by atoms with van der Waals surface area (Å²) < 4.78 is 12.1. The van der Waals surface area contributed by atoms with Crippen LogP contribution in [0.2, 0.25) is 0 Å². The molecule has 0 spiro atoms. The third-order valence-corrected chi connectivity index (χ3v) is 3.84. The maximum absolute atomic E-state index is 5.69. The highest BCUT2D eigenvalue weighted by atomic mass is 79.9. The Bertz CT molecular complexity index is 397. The first kappa shape index (κ1) is 13.7. The van der Waals surface area contributed by atoms with E-state index in [0.717, 1.165) is 41.8 Å². The first-order valence-electron chi connectivity index (χ1n) is 6.44. The summed E-state index contributed by atoms with van der Waals surface area (Å²) in [6.45, 7) is 3.01. The molecule has 1 fully saturated rings. The van der Waals surface area contributed by atoms with Crippen LogP contribution in [0.5, 0.6) is 5.75 Å². The first-order chi connectivity index (χ1) is 8.72. The number of nitrogens with one attached hydrogen (secondary N) is 1. The van der Waals surface area contributed by atoms with Gasteiger partial charge in [-0.05, 0) is 37.5 Å². The Morgan fingerprint density at radius 3 is 3.06 bits per heavy atom. The van der Waals surface area contributed by atoms with Crippen LogP contribution >= 0.6 is 15.9 Å². The molecule has 1 heterocycles. The molecule has 1 aliphatic heterocycles. The average Bonchev–Trinajstić information content (AvgIpc) is 2.39. The maximum Gasteiger partial charge on any atom is 0.142 e. The third kappa shape index (κ3) is 3.39. The van der Waals surface area contributed by atoms with Crippen molar-refractivity contribution in [2.24, 2.45) is 0 Å². The molecule has 0 saturated carbocycles. The second-order valence-corrected chi connectivity index (χ2v) is 5.53. The molecule has 0 bridgehead atoms. The van der Waals surface area contributed by atoms with E-state index in [2.05, 4.69) is 34.2 Å². The number of benzene rings is 1. The van der Waals surface area contributed by atoms with Gasteiger partial charge in [-0.15, -0.1) is 0 Å². The number of rotatable bonds is 4. The van der Waals surface area contributed by atoms with Gasteiger partial charge in [-0.25, -0.2) is 0 Å².